The first-order valence-corrected chi connectivity index (χ1v) is 10.6. The lowest BCUT2D eigenvalue weighted by Gasteiger charge is -2.55. The molecular weight excluding hydrogens is 314 g/mol. The second kappa shape index (κ2) is 4.71. The van der Waals surface area contributed by atoms with Crippen molar-refractivity contribution in [3.8, 4) is 0 Å². The summed E-state index contributed by atoms with van der Waals surface area (Å²) in [7, 11) is -2.90. The molecule has 1 saturated heterocycles. The van der Waals surface area contributed by atoms with Gasteiger partial charge in [-0.15, -0.1) is 5.10 Å². The van der Waals surface area contributed by atoms with Crippen LogP contribution in [0, 0.1) is 17.8 Å². The van der Waals surface area contributed by atoms with Crippen LogP contribution in [-0.4, -0.2) is 36.2 Å². The topological polar surface area (TPSA) is 85.1 Å². The van der Waals surface area contributed by atoms with Gasteiger partial charge < -0.3 is 9.73 Å². The monoisotopic (exact) mass is 337 g/mol. The van der Waals surface area contributed by atoms with E-state index in [1.165, 1.54) is 38.5 Å². The number of hydrogen-bond donors (Lipinski definition) is 1. The van der Waals surface area contributed by atoms with Crippen LogP contribution in [0.1, 0.15) is 50.8 Å². The number of nitrogens with one attached hydrogen (secondary N) is 1. The molecule has 5 aliphatic rings. The number of rotatable bonds is 3. The molecule has 4 aliphatic carbocycles. The van der Waals surface area contributed by atoms with Crippen molar-refractivity contribution < 1.29 is 12.8 Å². The molecule has 0 aromatic carbocycles. The van der Waals surface area contributed by atoms with Crippen molar-refractivity contribution in [1.29, 1.82) is 0 Å². The van der Waals surface area contributed by atoms with E-state index >= 15 is 0 Å². The van der Waals surface area contributed by atoms with Crippen LogP contribution in [-0.2, 0) is 15.3 Å². The first kappa shape index (κ1) is 14.3. The van der Waals surface area contributed by atoms with Crippen molar-refractivity contribution in [3.05, 3.63) is 5.89 Å². The fourth-order valence-electron chi connectivity index (χ4n) is 5.95. The molecule has 23 heavy (non-hydrogen) atoms. The van der Waals surface area contributed by atoms with Crippen molar-refractivity contribution in [2.75, 3.05) is 16.8 Å². The molecule has 5 fully saturated rings. The molecule has 0 spiro atoms. The Labute approximate surface area is 136 Å². The van der Waals surface area contributed by atoms with Gasteiger partial charge in [0, 0.05) is 11.5 Å². The zero-order chi connectivity index (χ0) is 15.7. The van der Waals surface area contributed by atoms with Crippen LogP contribution in [0.2, 0.25) is 0 Å². The van der Waals surface area contributed by atoms with Gasteiger partial charge >= 0.3 is 6.01 Å². The standard InChI is InChI=1S/C16H23N3O3S/c20-23(21)2-1-13(9-23)17-15-19-18-14(22-15)16-6-10-3-11(7-16)5-12(4-10)8-16/h10-13H,1-9H2,(H,17,19). The summed E-state index contributed by atoms with van der Waals surface area (Å²) in [6.07, 6.45) is 8.36. The second-order valence-corrected chi connectivity index (χ2v) is 10.6. The zero-order valence-electron chi connectivity index (χ0n) is 13.2. The molecule has 1 atom stereocenters. The van der Waals surface area contributed by atoms with Crippen LogP contribution in [0.3, 0.4) is 0 Å². The number of anilines is 1. The molecule has 1 aliphatic heterocycles. The minimum atomic E-state index is -2.90. The Hall–Kier alpha value is -1.11. The van der Waals surface area contributed by atoms with Gasteiger partial charge in [0.1, 0.15) is 0 Å². The average molecular weight is 337 g/mol. The maximum Gasteiger partial charge on any atom is 0.315 e. The van der Waals surface area contributed by atoms with Gasteiger partial charge in [0.15, 0.2) is 9.84 Å². The highest BCUT2D eigenvalue weighted by atomic mass is 32.2. The fraction of sp³-hybridized carbons (Fsp3) is 0.875. The van der Waals surface area contributed by atoms with E-state index < -0.39 is 9.84 Å². The largest absolute Gasteiger partial charge is 0.408 e. The van der Waals surface area contributed by atoms with Crippen LogP contribution in [0.4, 0.5) is 6.01 Å². The maximum absolute atomic E-state index is 11.6. The van der Waals surface area contributed by atoms with Crippen molar-refractivity contribution >= 4 is 15.9 Å². The van der Waals surface area contributed by atoms with E-state index in [0.717, 1.165) is 23.6 Å². The highest BCUT2D eigenvalue weighted by molar-refractivity contribution is 7.91. The van der Waals surface area contributed by atoms with Crippen LogP contribution < -0.4 is 5.32 Å². The van der Waals surface area contributed by atoms with E-state index in [-0.39, 0.29) is 23.0 Å². The molecule has 6 rings (SSSR count). The minimum absolute atomic E-state index is 0.0929. The summed E-state index contributed by atoms with van der Waals surface area (Å²) in [6.45, 7) is 0. The lowest BCUT2D eigenvalue weighted by atomic mass is 9.49. The van der Waals surface area contributed by atoms with Gasteiger partial charge in [0.25, 0.3) is 0 Å². The number of nitrogens with zero attached hydrogens (tertiary/aromatic N) is 2. The molecule has 2 heterocycles. The summed E-state index contributed by atoms with van der Waals surface area (Å²) < 4.78 is 29.1. The second-order valence-electron chi connectivity index (χ2n) is 8.35. The third-order valence-electron chi connectivity index (χ3n) is 6.48. The van der Waals surface area contributed by atoms with Crippen LogP contribution in [0.15, 0.2) is 4.42 Å². The van der Waals surface area contributed by atoms with Gasteiger partial charge in [-0.25, -0.2) is 8.42 Å². The molecule has 1 aromatic heterocycles. The molecule has 126 valence electrons. The molecule has 4 bridgehead atoms. The molecule has 0 radical (unpaired) electrons. The lowest BCUT2D eigenvalue weighted by molar-refractivity contribution is -0.0175. The predicted molar refractivity (Wildman–Crippen MR) is 84.8 cm³/mol. The SMILES string of the molecule is O=S1(=O)CCC(Nc2nnc(C34CC5CC(CC(C5)C3)C4)o2)C1. The maximum atomic E-state index is 11.6. The Balaban J connectivity index is 1.36. The van der Waals surface area contributed by atoms with Crippen LogP contribution >= 0.6 is 0 Å². The van der Waals surface area contributed by atoms with Gasteiger partial charge in [-0.2, -0.15) is 0 Å². The van der Waals surface area contributed by atoms with Gasteiger partial charge in [-0.05, 0) is 62.7 Å². The number of aromatic nitrogens is 2. The zero-order valence-corrected chi connectivity index (χ0v) is 14.0. The Morgan fingerprint density at radius 1 is 1.04 bits per heavy atom. The molecule has 7 heteroatoms. The van der Waals surface area contributed by atoms with Gasteiger partial charge in [-0.3, -0.25) is 0 Å². The summed E-state index contributed by atoms with van der Waals surface area (Å²) in [5, 5.41) is 11.6. The summed E-state index contributed by atoms with van der Waals surface area (Å²) >= 11 is 0. The van der Waals surface area contributed by atoms with E-state index in [0.29, 0.717) is 12.4 Å². The smallest absolute Gasteiger partial charge is 0.315 e. The Kier molecular flexibility index (Phi) is 2.92. The van der Waals surface area contributed by atoms with Crippen LogP contribution in [0.25, 0.3) is 0 Å². The summed E-state index contributed by atoms with van der Waals surface area (Å²) in [4.78, 5) is 0. The van der Waals surface area contributed by atoms with Crippen molar-refractivity contribution in [2.24, 2.45) is 17.8 Å². The highest BCUT2D eigenvalue weighted by Gasteiger charge is 2.54. The first-order valence-electron chi connectivity index (χ1n) is 8.81. The highest BCUT2D eigenvalue weighted by Crippen LogP contribution is 2.60. The van der Waals surface area contributed by atoms with Gasteiger partial charge in [0.05, 0.1) is 11.5 Å². The summed E-state index contributed by atoms with van der Waals surface area (Å²) in [5.74, 6) is 3.72. The molecule has 1 N–H and O–H groups in total. The fourth-order valence-corrected chi connectivity index (χ4v) is 7.63. The summed E-state index contributed by atoms with van der Waals surface area (Å²) in [6, 6.07) is 0.308. The van der Waals surface area contributed by atoms with E-state index in [2.05, 4.69) is 15.5 Å². The molecule has 6 nitrogen and oxygen atoms in total. The Bertz CT molecular complexity index is 691. The summed E-state index contributed by atoms with van der Waals surface area (Å²) in [5.41, 5.74) is 0.101. The van der Waals surface area contributed by atoms with Gasteiger partial charge in [-0.1, -0.05) is 5.10 Å². The van der Waals surface area contributed by atoms with Crippen molar-refractivity contribution in [3.63, 3.8) is 0 Å². The molecular formula is C16H23N3O3S. The van der Waals surface area contributed by atoms with E-state index in [4.69, 9.17) is 4.42 Å². The van der Waals surface area contributed by atoms with Crippen molar-refractivity contribution in [2.45, 2.75) is 56.4 Å². The molecule has 0 amide bonds. The first-order chi connectivity index (χ1) is 11.0. The predicted octanol–water partition coefficient (Wildman–Crippen LogP) is 2.14. The third kappa shape index (κ3) is 2.39. The number of hydrogen-bond acceptors (Lipinski definition) is 6. The number of sulfone groups is 1. The van der Waals surface area contributed by atoms with E-state index in [1.54, 1.807) is 0 Å². The van der Waals surface area contributed by atoms with E-state index in [1.807, 2.05) is 0 Å². The quantitative estimate of drug-likeness (QED) is 0.909. The minimum Gasteiger partial charge on any atom is -0.408 e. The Morgan fingerprint density at radius 3 is 2.26 bits per heavy atom. The lowest BCUT2D eigenvalue weighted by Crippen LogP contribution is -2.48. The molecule has 4 saturated carbocycles. The normalized spacial score (nSPS) is 43.8. The van der Waals surface area contributed by atoms with Crippen molar-refractivity contribution in [1.82, 2.24) is 10.2 Å². The third-order valence-corrected chi connectivity index (χ3v) is 8.24. The Morgan fingerprint density at radius 2 is 1.70 bits per heavy atom. The van der Waals surface area contributed by atoms with E-state index in [9.17, 15) is 8.42 Å². The van der Waals surface area contributed by atoms with Crippen LogP contribution in [0.5, 0.6) is 0 Å². The molecule has 1 unspecified atom stereocenters. The molecule has 1 aromatic rings. The average Bonchev–Trinajstić information content (AvgIpc) is 3.05. The van der Waals surface area contributed by atoms with Gasteiger partial charge in [0.2, 0.25) is 5.89 Å².